The molecule has 1 nitrogen and oxygen atoms in total. The summed E-state index contributed by atoms with van der Waals surface area (Å²) in [5.74, 6) is 3.19. The van der Waals surface area contributed by atoms with Crippen molar-refractivity contribution >= 4 is 0 Å². The summed E-state index contributed by atoms with van der Waals surface area (Å²) >= 11 is 0. The third kappa shape index (κ3) is 0.743. The van der Waals surface area contributed by atoms with Gasteiger partial charge in [-0.1, -0.05) is 13.8 Å². The van der Waals surface area contributed by atoms with Crippen LogP contribution in [0.3, 0.4) is 0 Å². The second kappa shape index (κ2) is 2.13. The van der Waals surface area contributed by atoms with Crippen molar-refractivity contribution in [3.05, 3.63) is 0 Å². The standard InChI is InChI=1S/C12H21N/c1-11(2)10-5-4-8(7-13-3)9-6-12(9,10)11/h8-10,13H,4-7H2,1-3H3/t8-,9-,10+,12?/m0/s1. The topological polar surface area (TPSA) is 12.0 Å². The van der Waals surface area contributed by atoms with E-state index in [2.05, 4.69) is 26.2 Å². The largest absolute Gasteiger partial charge is 0.319 e. The van der Waals surface area contributed by atoms with Crippen LogP contribution in [0.4, 0.5) is 0 Å². The Bertz CT molecular complexity index is 246. The molecule has 1 spiro atoms. The zero-order valence-electron chi connectivity index (χ0n) is 9.06. The molecule has 13 heavy (non-hydrogen) atoms. The average molecular weight is 179 g/mol. The molecule has 0 aromatic carbocycles. The highest BCUT2D eigenvalue weighted by Crippen LogP contribution is 2.89. The lowest BCUT2D eigenvalue weighted by molar-refractivity contribution is 0.321. The maximum absolute atomic E-state index is 3.36. The summed E-state index contributed by atoms with van der Waals surface area (Å²) in [6.07, 6.45) is 4.55. The van der Waals surface area contributed by atoms with Crippen molar-refractivity contribution in [1.82, 2.24) is 5.32 Å². The summed E-state index contributed by atoms with van der Waals surface area (Å²) in [5.41, 5.74) is 1.55. The van der Waals surface area contributed by atoms with Crippen LogP contribution in [0.5, 0.6) is 0 Å². The third-order valence-corrected chi connectivity index (χ3v) is 5.53. The van der Waals surface area contributed by atoms with E-state index in [0.29, 0.717) is 5.41 Å². The number of nitrogens with one attached hydrogen (secondary N) is 1. The predicted octanol–water partition coefficient (Wildman–Crippen LogP) is 2.28. The Kier molecular flexibility index (Phi) is 1.36. The van der Waals surface area contributed by atoms with E-state index in [1.807, 2.05) is 0 Å². The van der Waals surface area contributed by atoms with Gasteiger partial charge in [-0.15, -0.1) is 0 Å². The Morgan fingerprint density at radius 1 is 1.31 bits per heavy atom. The van der Waals surface area contributed by atoms with Gasteiger partial charge in [0, 0.05) is 0 Å². The zero-order chi connectivity index (χ0) is 9.27. The molecule has 0 radical (unpaired) electrons. The van der Waals surface area contributed by atoms with E-state index in [4.69, 9.17) is 0 Å². The van der Waals surface area contributed by atoms with Crippen LogP contribution in [0, 0.1) is 28.6 Å². The van der Waals surface area contributed by atoms with Crippen molar-refractivity contribution in [2.24, 2.45) is 28.6 Å². The van der Waals surface area contributed by atoms with Crippen LogP contribution in [0.2, 0.25) is 0 Å². The fourth-order valence-corrected chi connectivity index (χ4v) is 4.74. The molecule has 1 heteroatoms. The molecular weight excluding hydrogens is 158 g/mol. The molecule has 0 aromatic rings. The van der Waals surface area contributed by atoms with Crippen molar-refractivity contribution < 1.29 is 0 Å². The van der Waals surface area contributed by atoms with Crippen LogP contribution in [0.1, 0.15) is 33.1 Å². The molecule has 1 N–H and O–H groups in total. The minimum Gasteiger partial charge on any atom is -0.319 e. The molecule has 1 unspecified atom stereocenters. The fraction of sp³-hybridized carbons (Fsp3) is 1.00. The second-order valence-electron chi connectivity index (χ2n) is 6.02. The summed E-state index contributed by atoms with van der Waals surface area (Å²) in [5, 5.41) is 3.36. The molecular formula is C12H21N. The van der Waals surface area contributed by atoms with Gasteiger partial charge in [0.25, 0.3) is 0 Å². The van der Waals surface area contributed by atoms with Crippen LogP contribution in [0.15, 0.2) is 0 Å². The van der Waals surface area contributed by atoms with Crippen LogP contribution in [0.25, 0.3) is 0 Å². The SMILES string of the molecule is CNC[C@@H]1CC[C@@H]2C(C)(C)C23C[C@@H]13. The molecule has 3 rings (SSSR count). The van der Waals surface area contributed by atoms with Crippen molar-refractivity contribution in [3.8, 4) is 0 Å². The minimum absolute atomic E-state index is 0.708. The smallest absolute Gasteiger partial charge is 0.00207 e. The summed E-state index contributed by atoms with van der Waals surface area (Å²) in [6, 6.07) is 0. The van der Waals surface area contributed by atoms with Crippen molar-refractivity contribution in [1.29, 1.82) is 0 Å². The molecule has 3 aliphatic carbocycles. The van der Waals surface area contributed by atoms with Gasteiger partial charge >= 0.3 is 0 Å². The Morgan fingerprint density at radius 3 is 2.77 bits per heavy atom. The molecule has 0 heterocycles. The Morgan fingerprint density at radius 2 is 2.08 bits per heavy atom. The lowest BCUT2D eigenvalue weighted by Gasteiger charge is -2.19. The molecule has 0 aromatic heterocycles. The van der Waals surface area contributed by atoms with Gasteiger partial charge in [-0.05, 0) is 61.4 Å². The third-order valence-electron chi connectivity index (χ3n) is 5.53. The van der Waals surface area contributed by atoms with Crippen LogP contribution < -0.4 is 5.32 Å². The highest BCUT2D eigenvalue weighted by molar-refractivity contribution is 5.31. The first kappa shape index (κ1) is 8.28. The van der Waals surface area contributed by atoms with E-state index >= 15 is 0 Å². The van der Waals surface area contributed by atoms with Gasteiger partial charge in [0.1, 0.15) is 0 Å². The van der Waals surface area contributed by atoms with E-state index in [1.165, 1.54) is 19.4 Å². The van der Waals surface area contributed by atoms with Crippen molar-refractivity contribution in [2.45, 2.75) is 33.1 Å². The molecule has 3 fully saturated rings. The molecule has 0 bridgehead atoms. The molecule has 3 saturated carbocycles. The summed E-state index contributed by atoms with van der Waals surface area (Å²) in [6.45, 7) is 6.26. The lowest BCUT2D eigenvalue weighted by atomic mass is 9.89. The molecule has 0 amide bonds. The Labute approximate surface area is 81.3 Å². The quantitative estimate of drug-likeness (QED) is 0.685. The van der Waals surface area contributed by atoms with Crippen LogP contribution in [-0.2, 0) is 0 Å². The lowest BCUT2D eigenvalue weighted by Crippen LogP contribution is -2.23. The average Bonchev–Trinajstić information content (AvgIpc) is 2.89. The predicted molar refractivity (Wildman–Crippen MR) is 54.5 cm³/mol. The first-order valence-electron chi connectivity index (χ1n) is 5.79. The van der Waals surface area contributed by atoms with Crippen molar-refractivity contribution in [3.63, 3.8) is 0 Å². The van der Waals surface area contributed by atoms with E-state index in [9.17, 15) is 0 Å². The van der Waals surface area contributed by atoms with Gasteiger partial charge in [0.2, 0.25) is 0 Å². The number of hydrogen-bond donors (Lipinski definition) is 1. The van der Waals surface area contributed by atoms with Crippen LogP contribution in [-0.4, -0.2) is 13.6 Å². The number of hydrogen-bond acceptors (Lipinski definition) is 1. The molecule has 0 saturated heterocycles. The van der Waals surface area contributed by atoms with E-state index in [0.717, 1.165) is 23.2 Å². The highest BCUT2D eigenvalue weighted by Gasteiger charge is 2.84. The Balaban J connectivity index is 1.77. The molecule has 0 aliphatic heterocycles. The highest BCUT2D eigenvalue weighted by atomic mass is 14.9. The van der Waals surface area contributed by atoms with Gasteiger partial charge in [0.05, 0.1) is 0 Å². The zero-order valence-corrected chi connectivity index (χ0v) is 9.06. The second-order valence-corrected chi connectivity index (χ2v) is 6.02. The summed E-state index contributed by atoms with van der Waals surface area (Å²) in [7, 11) is 2.10. The van der Waals surface area contributed by atoms with Crippen LogP contribution >= 0.6 is 0 Å². The summed E-state index contributed by atoms with van der Waals surface area (Å²) in [4.78, 5) is 0. The number of rotatable bonds is 2. The van der Waals surface area contributed by atoms with Gasteiger partial charge in [-0.25, -0.2) is 0 Å². The van der Waals surface area contributed by atoms with Gasteiger partial charge in [0.15, 0.2) is 0 Å². The first-order chi connectivity index (χ1) is 6.14. The first-order valence-corrected chi connectivity index (χ1v) is 5.79. The monoisotopic (exact) mass is 179 g/mol. The van der Waals surface area contributed by atoms with Gasteiger partial charge in [-0.3, -0.25) is 0 Å². The molecule has 3 aliphatic rings. The normalized spacial score (nSPS) is 55.2. The van der Waals surface area contributed by atoms with Gasteiger partial charge in [-0.2, -0.15) is 0 Å². The van der Waals surface area contributed by atoms with Gasteiger partial charge < -0.3 is 5.32 Å². The fourth-order valence-electron chi connectivity index (χ4n) is 4.74. The van der Waals surface area contributed by atoms with E-state index in [1.54, 1.807) is 6.42 Å². The summed E-state index contributed by atoms with van der Waals surface area (Å²) < 4.78 is 0. The van der Waals surface area contributed by atoms with E-state index < -0.39 is 0 Å². The molecule has 4 atom stereocenters. The van der Waals surface area contributed by atoms with E-state index in [-0.39, 0.29) is 0 Å². The molecule has 74 valence electrons. The Hall–Kier alpha value is -0.0400. The maximum Gasteiger partial charge on any atom is -0.00207 e. The minimum atomic E-state index is 0.708. The maximum atomic E-state index is 3.36. The van der Waals surface area contributed by atoms with Crippen molar-refractivity contribution in [2.75, 3.05) is 13.6 Å².